The molecule has 1 fully saturated rings. The third kappa shape index (κ3) is 5.59. The van der Waals surface area contributed by atoms with Gasteiger partial charge < -0.3 is 19.7 Å². The summed E-state index contributed by atoms with van der Waals surface area (Å²) in [6.07, 6.45) is 4.01. The van der Waals surface area contributed by atoms with E-state index in [2.05, 4.69) is 20.4 Å². The molecule has 2 aromatic heterocycles. The van der Waals surface area contributed by atoms with Crippen molar-refractivity contribution in [3.63, 3.8) is 0 Å². The molecular formula is C20H26FIN6O3S. The van der Waals surface area contributed by atoms with E-state index in [0.717, 1.165) is 28.8 Å². The molecule has 0 aliphatic carbocycles. The smallest absolute Gasteiger partial charge is 0.220 e. The van der Waals surface area contributed by atoms with Gasteiger partial charge in [-0.05, 0) is 30.2 Å². The highest BCUT2D eigenvalue weighted by Crippen LogP contribution is 2.19. The Labute approximate surface area is 203 Å². The fraction of sp³-hybridized carbons (Fsp3) is 0.400. The number of hydrogen-bond donors (Lipinski definition) is 2. The summed E-state index contributed by atoms with van der Waals surface area (Å²) in [5, 5.41) is 8.03. The van der Waals surface area contributed by atoms with E-state index in [1.807, 2.05) is 11.1 Å². The van der Waals surface area contributed by atoms with Crippen molar-refractivity contribution in [3.8, 4) is 0 Å². The Bertz CT molecular complexity index is 1160. The van der Waals surface area contributed by atoms with Crippen molar-refractivity contribution in [1.29, 1.82) is 0 Å². The Morgan fingerprint density at radius 3 is 2.75 bits per heavy atom. The number of aromatic amines is 1. The van der Waals surface area contributed by atoms with Gasteiger partial charge in [0, 0.05) is 62.9 Å². The second kappa shape index (κ2) is 10.6. The molecule has 4 rings (SSSR count). The van der Waals surface area contributed by atoms with Crippen LogP contribution in [0.4, 0.5) is 4.39 Å². The van der Waals surface area contributed by atoms with Crippen LogP contribution in [0.25, 0.3) is 10.9 Å². The number of hydrogen-bond acceptors (Lipinski definition) is 5. The molecule has 174 valence electrons. The number of aliphatic imine (C=N–C) groups is 1. The van der Waals surface area contributed by atoms with Crippen LogP contribution in [-0.4, -0.2) is 73.5 Å². The van der Waals surface area contributed by atoms with Crippen LogP contribution in [0.5, 0.6) is 0 Å². The summed E-state index contributed by atoms with van der Waals surface area (Å²) in [5.74, 6) is 0.311. The minimum atomic E-state index is -3.44. The van der Waals surface area contributed by atoms with Crippen LogP contribution in [0.15, 0.2) is 46.2 Å². The average molecular weight is 576 g/mol. The molecule has 0 bridgehead atoms. The molecule has 0 saturated carbocycles. The first-order valence-electron chi connectivity index (χ1n) is 10.0. The van der Waals surface area contributed by atoms with Gasteiger partial charge in [0.2, 0.25) is 10.0 Å². The zero-order valence-corrected chi connectivity index (χ0v) is 20.8. The maximum absolute atomic E-state index is 13.3. The van der Waals surface area contributed by atoms with E-state index in [0.29, 0.717) is 38.4 Å². The van der Waals surface area contributed by atoms with E-state index in [-0.39, 0.29) is 35.5 Å². The van der Waals surface area contributed by atoms with Crippen LogP contribution in [0.3, 0.4) is 0 Å². The maximum Gasteiger partial charge on any atom is 0.220 e. The van der Waals surface area contributed by atoms with Crippen LogP contribution in [-0.2, 0) is 22.2 Å². The minimum Gasteiger partial charge on any atom is -0.364 e. The van der Waals surface area contributed by atoms with Gasteiger partial charge in [0.25, 0.3) is 0 Å². The van der Waals surface area contributed by atoms with Crippen molar-refractivity contribution in [2.45, 2.75) is 12.2 Å². The highest BCUT2D eigenvalue weighted by Gasteiger charge is 2.28. The highest BCUT2D eigenvalue weighted by atomic mass is 127. The van der Waals surface area contributed by atoms with Crippen LogP contribution in [0, 0.1) is 5.82 Å². The molecule has 9 nitrogen and oxygen atoms in total. The number of piperazine rings is 1. The molecule has 12 heteroatoms. The van der Waals surface area contributed by atoms with Gasteiger partial charge in [-0.25, -0.2) is 12.8 Å². The maximum atomic E-state index is 13.3. The Kier molecular flexibility index (Phi) is 8.11. The van der Waals surface area contributed by atoms with Crippen LogP contribution in [0.2, 0.25) is 0 Å². The van der Waals surface area contributed by atoms with Crippen LogP contribution >= 0.6 is 24.0 Å². The van der Waals surface area contributed by atoms with Crippen LogP contribution < -0.4 is 5.32 Å². The fourth-order valence-electron chi connectivity index (χ4n) is 3.77. The second-order valence-electron chi connectivity index (χ2n) is 7.36. The lowest BCUT2D eigenvalue weighted by atomic mass is 10.1. The number of fused-ring (bicyclic) bond motifs is 1. The standard InChI is InChI=1S/C20H25FN6O3S.HI/c1-22-20(23-6-4-15-13-24-19-12-16(21)2-3-18(15)19)26-7-9-27(10-8-26)31(28,29)14-17-5-11-30-25-17;/h2-3,5,11-13,24H,4,6-10,14H2,1H3,(H,22,23);1H. The zero-order valence-electron chi connectivity index (χ0n) is 17.6. The van der Waals surface area contributed by atoms with Gasteiger partial charge in [0.05, 0.1) is 5.69 Å². The number of H-pyrrole nitrogens is 1. The molecule has 3 heterocycles. The number of sulfonamides is 1. The molecule has 0 spiro atoms. The van der Waals surface area contributed by atoms with E-state index in [9.17, 15) is 12.8 Å². The van der Waals surface area contributed by atoms with E-state index < -0.39 is 10.0 Å². The second-order valence-corrected chi connectivity index (χ2v) is 9.33. The van der Waals surface area contributed by atoms with Gasteiger partial charge in [0.15, 0.2) is 5.96 Å². The molecule has 0 radical (unpaired) electrons. The van der Waals surface area contributed by atoms with Crippen molar-refractivity contribution in [1.82, 2.24) is 24.7 Å². The Hall–Kier alpha value is -2.19. The number of nitrogens with one attached hydrogen (secondary N) is 2. The number of aromatic nitrogens is 2. The van der Waals surface area contributed by atoms with Gasteiger partial charge in [-0.1, -0.05) is 5.16 Å². The molecule has 1 saturated heterocycles. The number of nitrogens with zero attached hydrogens (tertiary/aromatic N) is 4. The summed E-state index contributed by atoms with van der Waals surface area (Å²) in [6.45, 7) is 2.51. The summed E-state index contributed by atoms with van der Waals surface area (Å²) in [4.78, 5) is 9.48. The SMILES string of the molecule is CN=C(NCCc1c[nH]c2cc(F)ccc12)N1CCN(S(=O)(=O)Cc2ccon2)CC1.I. The van der Waals surface area contributed by atoms with Crippen molar-refractivity contribution in [2.75, 3.05) is 39.8 Å². The van der Waals surface area contributed by atoms with E-state index in [1.165, 1.54) is 22.7 Å². The first-order valence-corrected chi connectivity index (χ1v) is 11.7. The monoisotopic (exact) mass is 576 g/mol. The minimum absolute atomic E-state index is 0. The van der Waals surface area contributed by atoms with E-state index >= 15 is 0 Å². The molecule has 3 aromatic rings. The first kappa shape index (κ1) is 24.5. The molecule has 0 amide bonds. The largest absolute Gasteiger partial charge is 0.364 e. The van der Waals surface area contributed by atoms with Gasteiger partial charge in [-0.15, -0.1) is 24.0 Å². The predicted octanol–water partition coefficient (Wildman–Crippen LogP) is 2.18. The number of halogens is 2. The van der Waals surface area contributed by atoms with Gasteiger partial charge >= 0.3 is 0 Å². The van der Waals surface area contributed by atoms with Crippen molar-refractivity contribution >= 4 is 50.9 Å². The molecule has 32 heavy (non-hydrogen) atoms. The van der Waals surface area contributed by atoms with Crippen molar-refractivity contribution < 1.29 is 17.3 Å². The van der Waals surface area contributed by atoms with Gasteiger partial charge in [-0.3, -0.25) is 4.99 Å². The molecular weight excluding hydrogens is 550 g/mol. The highest BCUT2D eigenvalue weighted by molar-refractivity contribution is 14.0. The summed E-state index contributed by atoms with van der Waals surface area (Å²) < 4.78 is 44.7. The van der Waals surface area contributed by atoms with Crippen LogP contribution in [0.1, 0.15) is 11.3 Å². The summed E-state index contributed by atoms with van der Waals surface area (Å²) in [7, 11) is -1.73. The number of rotatable bonds is 6. The molecule has 1 aliphatic heterocycles. The summed E-state index contributed by atoms with van der Waals surface area (Å²) >= 11 is 0. The fourth-order valence-corrected chi connectivity index (χ4v) is 5.20. The zero-order chi connectivity index (χ0) is 21.8. The van der Waals surface area contributed by atoms with Crippen molar-refractivity contribution in [3.05, 3.63) is 53.8 Å². The number of benzene rings is 1. The lowest BCUT2D eigenvalue weighted by molar-refractivity contribution is 0.260. The third-order valence-electron chi connectivity index (χ3n) is 5.37. The molecule has 1 aliphatic rings. The van der Waals surface area contributed by atoms with Gasteiger partial charge in [0.1, 0.15) is 17.8 Å². The Morgan fingerprint density at radius 1 is 1.28 bits per heavy atom. The third-order valence-corrected chi connectivity index (χ3v) is 7.18. The lowest BCUT2D eigenvalue weighted by Gasteiger charge is -2.35. The Balaban J connectivity index is 0.00000289. The summed E-state index contributed by atoms with van der Waals surface area (Å²) in [6, 6.07) is 6.29. The topological polar surface area (TPSA) is 107 Å². The first-order chi connectivity index (χ1) is 15.0. The Morgan fingerprint density at radius 2 is 2.06 bits per heavy atom. The molecule has 0 atom stereocenters. The molecule has 1 aromatic carbocycles. The van der Waals surface area contributed by atoms with Gasteiger partial charge in [-0.2, -0.15) is 4.31 Å². The predicted molar refractivity (Wildman–Crippen MR) is 131 cm³/mol. The van der Waals surface area contributed by atoms with Crippen molar-refractivity contribution in [2.24, 2.45) is 4.99 Å². The lowest BCUT2D eigenvalue weighted by Crippen LogP contribution is -2.54. The average Bonchev–Trinajstić information content (AvgIpc) is 3.40. The normalized spacial score (nSPS) is 15.7. The molecule has 2 N–H and O–H groups in total. The quantitative estimate of drug-likeness (QED) is 0.265. The number of guanidine groups is 1. The molecule has 0 unspecified atom stereocenters. The van der Waals surface area contributed by atoms with E-state index in [4.69, 9.17) is 4.52 Å². The summed E-state index contributed by atoms with van der Waals surface area (Å²) in [5.41, 5.74) is 2.28. The van der Waals surface area contributed by atoms with E-state index in [1.54, 1.807) is 19.2 Å².